The minimum atomic E-state index is -0.426. The molecule has 0 aliphatic carbocycles. The molecule has 0 aromatic heterocycles. The number of halogens is 1. The third kappa shape index (κ3) is 4.42. The van der Waals surface area contributed by atoms with E-state index in [0.29, 0.717) is 30.6 Å². The molecule has 1 aliphatic rings. The topological polar surface area (TPSA) is 57.6 Å². The Morgan fingerprint density at radius 3 is 2.30 bits per heavy atom. The van der Waals surface area contributed by atoms with Gasteiger partial charge in [0.1, 0.15) is 5.82 Å². The third-order valence-corrected chi connectivity index (χ3v) is 5.31. The number of ketones is 1. The summed E-state index contributed by atoms with van der Waals surface area (Å²) in [6.07, 6.45) is 2.21. The number of likely N-dealkylation sites (tertiary alicyclic amines) is 1. The van der Waals surface area contributed by atoms with Crippen molar-refractivity contribution in [1.82, 2.24) is 4.90 Å². The molecule has 0 saturated carbocycles. The highest BCUT2D eigenvalue weighted by atomic mass is 19.1. The number of Topliss-reactive ketones (excluding diaryl/α,β-unsaturated/α-hetero) is 1. The first-order chi connectivity index (χ1) is 12.9. The van der Waals surface area contributed by atoms with Crippen molar-refractivity contribution in [2.45, 2.75) is 26.2 Å². The molecule has 1 heterocycles. The first-order valence-electron chi connectivity index (χ1n) is 9.18. The van der Waals surface area contributed by atoms with Crippen LogP contribution in [-0.4, -0.2) is 41.4 Å². The van der Waals surface area contributed by atoms with Gasteiger partial charge in [-0.25, -0.2) is 4.39 Å². The molecular formula is C22H24FNO3. The van der Waals surface area contributed by atoms with Gasteiger partial charge in [-0.05, 0) is 56.0 Å². The van der Waals surface area contributed by atoms with Gasteiger partial charge in [-0.2, -0.15) is 0 Å². The zero-order chi connectivity index (χ0) is 19.4. The Morgan fingerprint density at radius 1 is 1.07 bits per heavy atom. The highest BCUT2D eigenvalue weighted by Gasteiger charge is 2.37. The van der Waals surface area contributed by atoms with E-state index in [4.69, 9.17) is 0 Å². The molecule has 3 rings (SSSR count). The molecule has 1 atom stereocenters. The summed E-state index contributed by atoms with van der Waals surface area (Å²) in [5.74, 6) is -0.418. The van der Waals surface area contributed by atoms with Gasteiger partial charge in [-0.15, -0.1) is 0 Å². The fourth-order valence-corrected chi connectivity index (χ4v) is 3.78. The van der Waals surface area contributed by atoms with Crippen LogP contribution in [0, 0.1) is 11.2 Å². The van der Waals surface area contributed by atoms with E-state index in [2.05, 4.69) is 0 Å². The normalized spacial score (nSPS) is 19.7. The molecular weight excluding hydrogens is 345 g/mol. The van der Waals surface area contributed by atoms with Crippen LogP contribution < -0.4 is 0 Å². The molecule has 5 heteroatoms. The van der Waals surface area contributed by atoms with Crippen LogP contribution in [0.1, 0.15) is 46.0 Å². The Bertz CT molecular complexity index is 816. The SMILES string of the molecule is CC(=O)c1ccc(C(=O)N2CCCC(CO)(Cc3ccc(F)cc3)C2)cc1. The average Bonchev–Trinajstić information content (AvgIpc) is 2.69. The van der Waals surface area contributed by atoms with E-state index in [9.17, 15) is 19.1 Å². The second-order valence-corrected chi connectivity index (χ2v) is 7.43. The van der Waals surface area contributed by atoms with Crippen molar-refractivity contribution in [3.63, 3.8) is 0 Å². The van der Waals surface area contributed by atoms with Gasteiger partial charge in [0.05, 0.1) is 6.61 Å². The van der Waals surface area contributed by atoms with Crippen molar-refractivity contribution in [2.75, 3.05) is 19.7 Å². The fourth-order valence-electron chi connectivity index (χ4n) is 3.78. The third-order valence-electron chi connectivity index (χ3n) is 5.31. The molecule has 1 N–H and O–H groups in total. The maximum atomic E-state index is 13.2. The van der Waals surface area contributed by atoms with E-state index in [1.165, 1.54) is 19.1 Å². The quantitative estimate of drug-likeness (QED) is 0.821. The number of nitrogens with zero attached hydrogens (tertiary/aromatic N) is 1. The summed E-state index contributed by atoms with van der Waals surface area (Å²) in [4.78, 5) is 26.1. The lowest BCUT2D eigenvalue weighted by Gasteiger charge is -2.42. The van der Waals surface area contributed by atoms with Crippen LogP contribution in [0.15, 0.2) is 48.5 Å². The first kappa shape index (κ1) is 19.2. The monoisotopic (exact) mass is 369 g/mol. The molecule has 1 saturated heterocycles. The average molecular weight is 369 g/mol. The predicted molar refractivity (Wildman–Crippen MR) is 101 cm³/mol. The Labute approximate surface area is 158 Å². The number of carbonyl (C=O) groups excluding carboxylic acids is 2. The number of carbonyl (C=O) groups is 2. The highest BCUT2D eigenvalue weighted by Crippen LogP contribution is 2.34. The van der Waals surface area contributed by atoms with E-state index in [1.807, 2.05) is 0 Å². The Kier molecular flexibility index (Phi) is 5.71. The van der Waals surface area contributed by atoms with Crippen molar-refractivity contribution in [2.24, 2.45) is 5.41 Å². The van der Waals surface area contributed by atoms with Crippen LogP contribution in [0.4, 0.5) is 4.39 Å². The van der Waals surface area contributed by atoms with Crippen molar-refractivity contribution >= 4 is 11.7 Å². The summed E-state index contributed by atoms with van der Waals surface area (Å²) in [5.41, 5.74) is 1.64. The lowest BCUT2D eigenvalue weighted by molar-refractivity contribution is 0.0271. The van der Waals surface area contributed by atoms with Crippen LogP contribution in [0.2, 0.25) is 0 Å². The van der Waals surface area contributed by atoms with Crippen molar-refractivity contribution in [1.29, 1.82) is 0 Å². The zero-order valence-corrected chi connectivity index (χ0v) is 15.5. The predicted octanol–water partition coefficient (Wildman–Crippen LogP) is 3.49. The van der Waals surface area contributed by atoms with Crippen molar-refractivity contribution < 1.29 is 19.1 Å². The number of aliphatic hydroxyl groups is 1. The van der Waals surface area contributed by atoms with Crippen LogP contribution in [-0.2, 0) is 6.42 Å². The van der Waals surface area contributed by atoms with Gasteiger partial charge >= 0.3 is 0 Å². The van der Waals surface area contributed by atoms with E-state index < -0.39 is 5.41 Å². The van der Waals surface area contributed by atoms with Gasteiger partial charge in [0, 0.05) is 29.6 Å². The maximum Gasteiger partial charge on any atom is 0.253 e. The number of rotatable bonds is 5. The molecule has 0 bridgehead atoms. The van der Waals surface area contributed by atoms with Crippen molar-refractivity contribution in [3.05, 3.63) is 71.0 Å². The minimum absolute atomic E-state index is 0.0303. The summed E-state index contributed by atoms with van der Waals surface area (Å²) in [6.45, 7) is 2.55. The summed E-state index contributed by atoms with van der Waals surface area (Å²) in [5, 5.41) is 10.1. The summed E-state index contributed by atoms with van der Waals surface area (Å²) >= 11 is 0. The second-order valence-electron chi connectivity index (χ2n) is 7.43. The Balaban J connectivity index is 1.75. The molecule has 1 fully saturated rings. The van der Waals surface area contributed by atoms with Crippen LogP contribution in [0.3, 0.4) is 0 Å². The molecule has 2 aromatic carbocycles. The van der Waals surface area contributed by atoms with Gasteiger partial charge in [0.2, 0.25) is 0 Å². The standard InChI is InChI=1S/C22H24FNO3/c1-16(26)18-5-7-19(8-6-18)21(27)24-12-2-11-22(14-24,15-25)13-17-3-9-20(23)10-4-17/h3-10,25H,2,11-15H2,1H3. The Morgan fingerprint density at radius 2 is 1.70 bits per heavy atom. The lowest BCUT2D eigenvalue weighted by atomic mass is 9.75. The fraction of sp³-hybridized carbons (Fsp3) is 0.364. The molecule has 27 heavy (non-hydrogen) atoms. The molecule has 2 aromatic rings. The number of aliphatic hydroxyl groups excluding tert-OH is 1. The molecule has 1 unspecified atom stereocenters. The molecule has 142 valence electrons. The minimum Gasteiger partial charge on any atom is -0.396 e. The molecule has 4 nitrogen and oxygen atoms in total. The number of amides is 1. The summed E-state index contributed by atoms with van der Waals surface area (Å²) < 4.78 is 13.2. The first-order valence-corrected chi connectivity index (χ1v) is 9.18. The number of benzene rings is 2. The van der Waals surface area contributed by atoms with E-state index in [1.54, 1.807) is 41.3 Å². The number of piperidine rings is 1. The summed E-state index contributed by atoms with van der Waals surface area (Å²) in [6, 6.07) is 13.0. The van der Waals surface area contributed by atoms with Gasteiger partial charge in [-0.3, -0.25) is 9.59 Å². The van der Waals surface area contributed by atoms with Crippen molar-refractivity contribution in [3.8, 4) is 0 Å². The van der Waals surface area contributed by atoms with E-state index >= 15 is 0 Å². The van der Waals surface area contributed by atoms with Gasteiger partial charge in [-0.1, -0.05) is 24.3 Å². The Hall–Kier alpha value is -2.53. The number of hydrogen-bond acceptors (Lipinski definition) is 3. The van der Waals surface area contributed by atoms with Crippen LogP contribution in [0.25, 0.3) is 0 Å². The van der Waals surface area contributed by atoms with Gasteiger partial charge in [0.15, 0.2) is 5.78 Å². The number of hydrogen-bond donors (Lipinski definition) is 1. The van der Waals surface area contributed by atoms with Gasteiger partial charge < -0.3 is 10.0 Å². The maximum absolute atomic E-state index is 13.2. The van der Waals surface area contributed by atoms with E-state index in [-0.39, 0.29) is 24.1 Å². The molecule has 1 amide bonds. The van der Waals surface area contributed by atoms with E-state index in [0.717, 1.165) is 18.4 Å². The molecule has 0 spiro atoms. The lowest BCUT2D eigenvalue weighted by Crippen LogP contribution is -2.49. The summed E-state index contributed by atoms with van der Waals surface area (Å²) in [7, 11) is 0. The van der Waals surface area contributed by atoms with Gasteiger partial charge in [0.25, 0.3) is 5.91 Å². The zero-order valence-electron chi connectivity index (χ0n) is 15.5. The smallest absolute Gasteiger partial charge is 0.253 e. The largest absolute Gasteiger partial charge is 0.396 e. The molecule has 0 radical (unpaired) electrons. The second kappa shape index (κ2) is 8.01. The van der Waals surface area contributed by atoms with Crippen LogP contribution >= 0.6 is 0 Å². The molecule has 1 aliphatic heterocycles. The highest BCUT2D eigenvalue weighted by molar-refractivity contribution is 5.97. The van der Waals surface area contributed by atoms with Crippen LogP contribution in [0.5, 0.6) is 0 Å².